The molecule has 2 amide bonds. The summed E-state index contributed by atoms with van der Waals surface area (Å²) >= 11 is 0. The molecule has 0 spiro atoms. The number of carboxylic acid groups (broad SMARTS) is 1. The van der Waals surface area contributed by atoms with E-state index >= 15 is 0 Å². The maximum absolute atomic E-state index is 13.2. The molecule has 11 heteroatoms. The number of para-hydroxylation sites is 1. The molecule has 0 fully saturated rings. The predicted octanol–water partition coefficient (Wildman–Crippen LogP) is 2.10. The number of anilines is 1. The Hall–Kier alpha value is -3.28. The average Bonchev–Trinajstić information content (AvgIpc) is 2.83. The molecule has 5 N–H and O–H groups in total. The molecule has 2 rings (SSSR count). The Morgan fingerprint density at radius 1 is 0.865 bits per heavy atom. The van der Waals surface area contributed by atoms with Gasteiger partial charge in [-0.05, 0) is 43.4 Å². The van der Waals surface area contributed by atoms with Crippen molar-refractivity contribution >= 4 is 33.5 Å². The van der Waals surface area contributed by atoms with Gasteiger partial charge in [-0.1, -0.05) is 62.4 Å². The molecule has 2 aromatic carbocycles. The highest BCUT2D eigenvalue weighted by Crippen LogP contribution is 2.11. The van der Waals surface area contributed by atoms with Crippen molar-refractivity contribution in [3.8, 4) is 0 Å². The molecule has 0 aliphatic rings. The van der Waals surface area contributed by atoms with E-state index < -0.39 is 45.9 Å². The lowest BCUT2D eigenvalue weighted by molar-refractivity contribution is -0.139. The minimum atomic E-state index is -3.68. The molecule has 37 heavy (non-hydrogen) atoms. The van der Waals surface area contributed by atoms with Crippen LogP contribution >= 0.6 is 0 Å². The van der Waals surface area contributed by atoms with Gasteiger partial charge in [0, 0.05) is 12.2 Å². The van der Waals surface area contributed by atoms with Crippen LogP contribution in [-0.2, 0) is 30.2 Å². The summed E-state index contributed by atoms with van der Waals surface area (Å²) in [6, 6.07) is 14.5. The lowest BCUT2D eigenvalue weighted by Gasteiger charge is -2.25. The van der Waals surface area contributed by atoms with Gasteiger partial charge in [-0.25, -0.2) is 13.1 Å². The monoisotopic (exact) mass is 532 g/mol. The van der Waals surface area contributed by atoms with Gasteiger partial charge in [0.2, 0.25) is 21.8 Å². The summed E-state index contributed by atoms with van der Waals surface area (Å²) in [5, 5.41) is 17.5. The van der Waals surface area contributed by atoms with Gasteiger partial charge in [0.25, 0.3) is 0 Å². The van der Waals surface area contributed by atoms with Crippen molar-refractivity contribution in [1.82, 2.24) is 15.4 Å². The Bertz CT molecular complexity index is 1130. The lowest BCUT2D eigenvalue weighted by Crippen LogP contribution is -2.55. The first-order chi connectivity index (χ1) is 17.5. The van der Waals surface area contributed by atoms with Gasteiger partial charge < -0.3 is 15.7 Å². The van der Waals surface area contributed by atoms with E-state index in [2.05, 4.69) is 20.7 Å². The lowest BCUT2D eigenvalue weighted by atomic mass is 10.0. The van der Waals surface area contributed by atoms with Gasteiger partial charge in [-0.3, -0.25) is 19.7 Å². The molecule has 0 aromatic heterocycles. The summed E-state index contributed by atoms with van der Waals surface area (Å²) in [7, 11) is -3.68. The average molecular weight is 533 g/mol. The molecule has 0 unspecified atom stereocenters. The van der Waals surface area contributed by atoms with Crippen molar-refractivity contribution in [2.75, 3.05) is 11.9 Å². The van der Waals surface area contributed by atoms with E-state index in [1.807, 2.05) is 19.9 Å². The number of hydrogen-bond donors (Lipinski definition) is 5. The molecule has 202 valence electrons. The van der Waals surface area contributed by atoms with Crippen LogP contribution in [0.15, 0.2) is 60.7 Å². The second-order valence-electron chi connectivity index (χ2n) is 9.25. The summed E-state index contributed by atoms with van der Waals surface area (Å²) in [6.07, 6.45) is 0.335. The van der Waals surface area contributed by atoms with E-state index in [1.54, 1.807) is 54.6 Å². The summed E-state index contributed by atoms with van der Waals surface area (Å²) in [5.74, 6) is -2.30. The van der Waals surface area contributed by atoms with Crippen molar-refractivity contribution in [2.45, 2.75) is 57.5 Å². The highest BCUT2D eigenvalue weighted by atomic mass is 32.2. The number of benzene rings is 2. The van der Waals surface area contributed by atoms with Gasteiger partial charge in [0.1, 0.15) is 12.1 Å². The first-order valence-electron chi connectivity index (χ1n) is 12.1. The first-order valence-corrected chi connectivity index (χ1v) is 13.8. The van der Waals surface area contributed by atoms with Crippen LogP contribution in [0.3, 0.4) is 0 Å². The fraction of sp³-hybridized carbons (Fsp3) is 0.423. The Kier molecular flexibility index (Phi) is 11.7. The maximum Gasteiger partial charge on any atom is 0.320 e. The molecular formula is C26H36N4O6S. The largest absolute Gasteiger partial charge is 0.480 e. The molecule has 3 atom stereocenters. The quantitative estimate of drug-likeness (QED) is 0.235. The Morgan fingerprint density at radius 3 is 2.03 bits per heavy atom. The third-order valence-electron chi connectivity index (χ3n) is 5.47. The Labute approximate surface area is 218 Å². The van der Waals surface area contributed by atoms with Gasteiger partial charge in [0.05, 0.1) is 11.8 Å². The third kappa shape index (κ3) is 11.1. The number of carbonyl (C=O) groups is 3. The normalized spacial score (nSPS) is 13.9. The zero-order valence-corrected chi connectivity index (χ0v) is 22.1. The van der Waals surface area contributed by atoms with Gasteiger partial charge >= 0.3 is 5.97 Å². The number of aliphatic carboxylic acids is 1. The van der Waals surface area contributed by atoms with Crippen LogP contribution in [0, 0.1) is 5.92 Å². The number of carboxylic acids is 1. The van der Waals surface area contributed by atoms with Crippen molar-refractivity contribution in [3.63, 3.8) is 0 Å². The SMILES string of the molecule is CC(C)C[C@H](NC(=O)[C@H](CCNS(=O)(=O)Cc1ccccc1)N[C@H](C)C(=O)O)C(=O)Nc1ccccc1. The van der Waals surface area contributed by atoms with Crippen molar-refractivity contribution in [2.24, 2.45) is 5.92 Å². The minimum absolute atomic E-state index is 0.0217. The van der Waals surface area contributed by atoms with E-state index in [0.717, 1.165) is 0 Å². The first kappa shape index (κ1) is 29.9. The third-order valence-corrected chi connectivity index (χ3v) is 6.83. The van der Waals surface area contributed by atoms with Gasteiger partial charge in [-0.2, -0.15) is 0 Å². The van der Waals surface area contributed by atoms with Crippen molar-refractivity contribution < 1.29 is 27.9 Å². The fourth-order valence-corrected chi connectivity index (χ4v) is 4.75. The van der Waals surface area contributed by atoms with Gasteiger partial charge in [-0.15, -0.1) is 0 Å². The highest BCUT2D eigenvalue weighted by Gasteiger charge is 2.28. The van der Waals surface area contributed by atoms with Crippen LogP contribution in [0.1, 0.15) is 39.2 Å². The Balaban J connectivity index is 2.08. The van der Waals surface area contributed by atoms with Crippen LogP contribution in [0.5, 0.6) is 0 Å². The van der Waals surface area contributed by atoms with Crippen LogP contribution in [0.2, 0.25) is 0 Å². The number of carbonyl (C=O) groups excluding carboxylic acids is 2. The number of hydrogen-bond acceptors (Lipinski definition) is 6. The smallest absolute Gasteiger partial charge is 0.320 e. The molecule has 0 heterocycles. The van der Waals surface area contributed by atoms with E-state index in [0.29, 0.717) is 17.7 Å². The summed E-state index contributed by atoms with van der Waals surface area (Å²) in [6.45, 7) is 5.12. The molecule has 0 aliphatic carbocycles. The van der Waals surface area contributed by atoms with Gasteiger partial charge in [0.15, 0.2) is 0 Å². The fourth-order valence-electron chi connectivity index (χ4n) is 3.59. The number of rotatable bonds is 15. The molecule has 10 nitrogen and oxygen atoms in total. The topological polar surface area (TPSA) is 154 Å². The number of amides is 2. The standard InChI is InChI=1S/C26H36N4O6S/c1-18(2)16-23(25(32)29-21-12-8-5-9-13-21)30-24(31)22(28-19(3)26(33)34)14-15-27-37(35,36)17-20-10-6-4-7-11-20/h4-13,18-19,22-23,27-28H,14-17H2,1-3H3,(H,29,32)(H,30,31)(H,33,34)/t19-,22+,23+/m1/s1. The zero-order chi connectivity index (χ0) is 27.4. The van der Waals surface area contributed by atoms with Crippen LogP contribution in [0.25, 0.3) is 0 Å². The summed E-state index contributed by atoms with van der Waals surface area (Å²) in [4.78, 5) is 37.5. The number of sulfonamides is 1. The zero-order valence-electron chi connectivity index (χ0n) is 21.3. The molecule has 0 aliphatic heterocycles. The summed E-state index contributed by atoms with van der Waals surface area (Å²) in [5.41, 5.74) is 1.19. The predicted molar refractivity (Wildman–Crippen MR) is 142 cm³/mol. The van der Waals surface area contributed by atoms with E-state index in [9.17, 15) is 27.9 Å². The summed E-state index contributed by atoms with van der Waals surface area (Å²) < 4.78 is 27.4. The molecular weight excluding hydrogens is 496 g/mol. The van der Waals surface area contributed by atoms with E-state index in [1.165, 1.54) is 6.92 Å². The minimum Gasteiger partial charge on any atom is -0.480 e. The van der Waals surface area contributed by atoms with Crippen LogP contribution in [0.4, 0.5) is 5.69 Å². The van der Waals surface area contributed by atoms with E-state index in [4.69, 9.17) is 0 Å². The van der Waals surface area contributed by atoms with Crippen LogP contribution < -0.4 is 20.7 Å². The molecule has 0 saturated heterocycles. The number of nitrogens with one attached hydrogen (secondary N) is 4. The van der Waals surface area contributed by atoms with E-state index in [-0.39, 0.29) is 24.6 Å². The molecule has 2 aromatic rings. The second-order valence-corrected chi connectivity index (χ2v) is 11.1. The molecule has 0 bridgehead atoms. The highest BCUT2D eigenvalue weighted by molar-refractivity contribution is 7.88. The molecule has 0 saturated carbocycles. The maximum atomic E-state index is 13.2. The Morgan fingerprint density at radius 2 is 1.46 bits per heavy atom. The van der Waals surface area contributed by atoms with Crippen molar-refractivity contribution in [3.05, 3.63) is 66.2 Å². The van der Waals surface area contributed by atoms with Crippen molar-refractivity contribution in [1.29, 1.82) is 0 Å². The molecule has 0 radical (unpaired) electrons. The second kappa shape index (κ2) is 14.5. The van der Waals surface area contributed by atoms with Crippen LogP contribution in [-0.4, -0.2) is 56.0 Å².